The number of phenolic OH excluding ortho intramolecular Hbond substituents is 1. The van der Waals surface area contributed by atoms with Crippen molar-refractivity contribution in [1.29, 1.82) is 0 Å². The Hall–Kier alpha value is -1.71. The van der Waals surface area contributed by atoms with E-state index in [-0.39, 0.29) is 17.7 Å². The molecule has 0 aromatic heterocycles. The number of aromatic hydroxyl groups is 1. The van der Waals surface area contributed by atoms with Gasteiger partial charge in [0.2, 0.25) is 0 Å². The average Bonchev–Trinajstić information content (AvgIpc) is 2.26. The van der Waals surface area contributed by atoms with Gasteiger partial charge in [-0.25, -0.2) is 0 Å². The molecule has 0 radical (unpaired) electrons. The van der Waals surface area contributed by atoms with Crippen molar-refractivity contribution in [3.05, 3.63) is 23.8 Å². The molecule has 0 spiro atoms. The number of rotatable bonds is 4. The monoisotopic (exact) mass is 249 g/mol. The lowest BCUT2D eigenvalue weighted by Gasteiger charge is -2.31. The van der Waals surface area contributed by atoms with Gasteiger partial charge in [-0.15, -0.1) is 0 Å². The zero-order valence-corrected chi connectivity index (χ0v) is 10.8. The Morgan fingerprint density at radius 1 is 1.50 bits per heavy atom. The van der Waals surface area contributed by atoms with Crippen LogP contribution < -0.4 is 10.1 Å². The first-order valence-corrected chi connectivity index (χ1v) is 6.29. The fraction of sp³-hybridized carbons (Fsp3) is 0.500. The zero-order chi connectivity index (χ0) is 13.1. The number of benzene rings is 1. The number of nitrogens with one attached hydrogen (secondary N) is 1. The molecule has 2 rings (SSSR count). The Labute approximate surface area is 107 Å². The molecule has 0 bridgehead atoms. The molecule has 1 amide bonds. The van der Waals surface area contributed by atoms with Gasteiger partial charge >= 0.3 is 0 Å². The summed E-state index contributed by atoms with van der Waals surface area (Å²) in [5, 5.41) is 12.6. The van der Waals surface area contributed by atoms with Gasteiger partial charge in [0.25, 0.3) is 5.91 Å². The maximum atomic E-state index is 12.0. The highest BCUT2D eigenvalue weighted by Gasteiger charge is 2.25. The number of carbonyl (C=O) groups excluding carboxylic acids is 1. The first-order chi connectivity index (χ1) is 8.61. The third-order valence-corrected chi connectivity index (χ3v) is 3.66. The van der Waals surface area contributed by atoms with Crippen molar-refractivity contribution in [3.8, 4) is 11.5 Å². The quantitative estimate of drug-likeness (QED) is 0.861. The molecule has 1 saturated carbocycles. The van der Waals surface area contributed by atoms with E-state index in [0.29, 0.717) is 17.2 Å². The van der Waals surface area contributed by atoms with Crippen LogP contribution in [0.4, 0.5) is 0 Å². The Morgan fingerprint density at radius 2 is 2.22 bits per heavy atom. The van der Waals surface area contributed by atoms with Crippen LogP contribution in [-0.2, 0) is 0 Å². The minimum Gasteiger partial charge on any atom is -0.504 e. The third kappa shape index (κ3) is 2.58. The number of hydrogen-bond donors (Lipinski definition) is 2. The number of amides is 1. The minimum atomic E-state index is -0.146. The Morgan fingerprint density at radius 3 is 2.72 bits per heavy atom. The van der Waals surface area contributed by atoms with Crippen LogP contribution in [0.1, 0.15) is 36.5 Å². The van der Waals surface area contributed by atoms with E-state index in [1.165, 1.54) is 32.4 Å². The van der Waals surface area contributed by atoms with E-state index in [1.807, 2.05) is 6.92 Å². The Bertz CT molecular complexity index is 441. The summed E-state index contributed by atoms with van der Waals surface area (Å²) in [4.78, 5) is 12.0. The number of carbonyl (C=O) groups is 1. The summed E-state index contributed by atoms with van der Waals surface area (Å²) in [6, 6.07) is 4.87. The van der Waals surface area contributed by atoms with Gasteiger partial charge in [0.1, 0.15) is 0 Å². The Kier molecular flexibility index (Phi) is 3.75. The van der Waals surface area contributed by atoms with Gasteiger partial charge in [0, 0.05) is 11.6 Å². The van der Waals surface area contributed by atoms with Crippen molar-refractivity contribution >= 4 is 5.91 Å². The van der Waals surface area contributed by atoms with Gasteiger partial charge in [0.05, 0.1) is 7.11 Å². The fourth-order valence-electron chi connectivity index (χ4n) is 2.18. The molecule has 2 N–H and O–H groups in total. The molecule has 1 aromatic carbocycles. The normalized spacial score (nSPS) is 16.8. The SMILES string of the molecule is COc1ccc(C(=O)NC(C)C2CCC2)cc1O. The van der Waals surface area contributed by atoms with Crippen LogP contribution in [0.15, 0.2) is 18.2 Å². The van der Waals surface area contributed by atoms with Crippen molar-refractivity contribution in [1.82, 2.24) is 5.32 Å². The first-order valence-electron chi connectivity index (χ1n) is 6.29. The van der Waals surface area contributed by atoms with Crippen LogP contribution in [-0.4, -0.2) is 24.2 Å². The molecule has 4 heteroatoms. The van der Waals surface area contributed by atoms with Crippen LogP contribution >= 0.6 is 0 Å². The average molecular weight is 249 g/mol. The molecule has 98 valence electrons. The summed E-state index contributed by atoms with van der Waals surface area (Å²) in [6.07, 6.45) is 3.64. The summed E-state index contributed by atoms with van der Waals surface area (Å²) in [5.74, 6) is 0.813. The smallest absolute Gasteiger partial charge is 0.251 e. The second-order valence-electron chi connectivity index (χ2n) is 4.84. The van der Waals surface area contributed by atoms with Crippen LogP contribution in [0.25, 0.3) is 0 Å². The van der Waals surface area contributed by atoms with Gasteiger partial charge in [-0.1, -0.05) is 6.42 Å². The van der Waals surface area contributed by atoms with Crippen LogP contribution in [0.2, 0.25) is 0 Å². The number of hydrogen-bond acceptors (Lipinski definition) is 3. The number of phenols is 1. The lowest BCUT2D eigenvalue weighted by Crippen LogP contribution is -2.40. The molecule has 1 aliphatic carbocycles. The molecule has 0 saturated heterocycles. The maximum Gasteiger partial charge on any atom is 0.251 e. The first kappa shape index (κ1) is 12.7. The highest BCUT2D eigenvalue weighted by Crippen LogP contribution is 2.30. The summed E-state index contributed by atoms with van der Waals surface area (Å²) in [5.41, 5.74) is 0.458. The summed E-state index contributed by atoms with van der Waals surface area (Å²) in [6.45, 7) is 2.03. The van der Waals surface area contributed by atoms with E-state index in [4.69, 9.17) is 4.74 Å². The lowest BCUT2D eigenvalue weighted by atomic mass is 9.80. The second-order valence-corrected chi connectivity index (χ2v) is 4.84. The highest BCUT2D eigenvalue weighted by molar-refractivity contribution is 5.95. The van der Waals surface area contributed by atoms with E-state index in [1.54, 1.807) is 12.1 Å². The predicted octanol–water partition coefficient (Wildman–Crippen LogP) is 2.32. The Balaban J connectivity index is 2.01. The fourth-order valence-corrected chi connectivity index (χ4v) is 2.18. The van der Waals surface area contributed by atoms with Gasteiger partial charge in [-0.3, -0.25) is 4.79 Å². The van der Waals surface area contributed by atoms with Crippen molar-refractivity contribution in [2.24, 2.45) is 5.92 Å². The molecule has 1 fully saturated rings. The van der Waals surface area contributed by atoms with Gasteiger partial charge < -0.3 is 15.2 Å². The van der Waals surface area contributed by atoms with Crippen LogP contribution in [0.3, 0.4) is 0 Å². The van der Waals surface area contributed by atoms with E-state index >= 15 is 0 Å². The molecule has 1 unspecified atom stereocenters. The third-order valence-electron chi connectivity index (χ3n) is 3.66. The topological polar surface area (TPSA) is 58.6 Å². The molecule has 0 heterocycles. The van der Waals surface area contributed by atoms with Crippen molar-refractivity contribution in [2.45, 2.75) is 32.2 Å². The van der Waals surface area contributed by atoms with Crippen molar-refractivity contribution in [3.63, 3.8) is 0 Å². The van der Waals surface area contributed by atoms with Crippen molar-refractivity contribution < 1.29 is 14.6 Å². The maximum absolute atomic E-state index is 12.0. The number of ether oxygens (including phenoxy) is 1. The van der Waals surface area contributed by atoms with Crippen LogP contribution in [0, 0.1) is 5.92 Å². The van der Waals surface area contributed by atoms with Gasteiger partial charge in [-0.2, -0.15) is 0 Å². The molecule has 18 heavy (non-hydrogen) atoms. The van der Waals surface area contributed by atoms with Crippen molar-refractivity contribution in [2.75, 3.05) is 7.11 Å². The summed E-state index contributed by atoms with van der Waals surface area (Å²) >= 11 is 0. The summed E-state index contributed by atoms with van der Waals surface area (Å²) < 4.78 is 4.94. The van der Waals surface area contributed by atoms with E-state index in [0.717, 1.165) is 0 Å². The number of methoxy groups -OCH3 is 1. The largest absolute Gasteiger partial charge is 0.504 e. The van der Waals surface area contributed by atoms with Gasteiger partial charge in [0.15, 0.2) is 11.5 Å². The van der Waals surface area contributed by atoms with E-state index in [9.17, 15) is 9.90 Å². The summed E-state index contributed by atoms with van der Waals surface area (Å²) in [7, 11) is 1.48. The molecule has 1 aliphatic rings. The molecule has 4 nitrogen and oxygen atoms in total. The van der Waals surface area contributed by atoms with Crippen LogP contribution in [0.5, 0.6) is 11.5 Å². The standard InChI is InChI=1S/C14H19NO3/c1-9(10-4-3-5-10)15-14(17)11-6-7-13(18-2)12(16)8-11/h6-10,16H,3-5H2,1-2H3,(H,15,17). The molecular formula is C14H19NO3. The van der Waals surface area contributed by atoms with Gasteiger partial charge in [-0.05, 0) is 43.9 Å². The predicted molar refractivity (Wildman–Crippen MR) is 68.9 cm³/mol. The molecular weight excluding hydrogens is 230 g/mol. The molecule has 1 atom stereocenters. The molecule has 1 aromatic rings. The zero-order valence-electron chi connectivity index (χ0n) is 10.8. The highest BCUT2D eigenvalue weighted by atomic mass is 16.5. The van der Waals surface area contributed by atoms with E-state index < -0.39 is 0 Å². The van der Waals surface area contributed by atoms with E-state index in [2.05, 4.69) is 5.32 Å². The second kappa shape index (κ2) is 5.29. The minimum absolute atomic E-state index is 0.0125. The lowest BCUT2D eigenvalue weighted by molar-refractivity contribution is 0.0909. The molecule has 0 aliphatic heterocycles.